The molecule has 1 atom stereocenters. The fourth-order valence-corrected chi connectivity index (χ4v) is 0.786. The molecule has 0 fully saturated rings. The lowest BCUT2D eigenvalue weighted by Crippen LogP contribution is -1.96. The summed E-state index contributed by atoms with van der Waals surface area (Å²) in [6, 6.07) is 0. The zero-order chi connectivity index (χ0) is 5.86. The third-order valence-electron chi connectivity index (χ3n) is 0.212. The first-order chi connectivity index (χ1) is 3.13. The van der Waals surface area contributed by atoms with E-state index in [1.807, 2.05) is 0 Å². The first kappa shape index (κ1) is 7.08. The smallest absolute Gasteiger partial charge is 0.371 e. The lowest BCUT2D eigenvalue weighted by molar-refractivity contribution is -0.146. The zero-order valence-corrected chi connectivity index (χ0v) is 5.65. The maximum atomic E-state index is 9.88. The van der Waals surface area contributed by atoms with E-state index >= 15 is 0 Å². The van der Waals surface area contributed by atoms with E-state index in [4.69, 9.17) is 5.11 Å². The van der Waals surface area contributed by atoms with Crippen LogP contribution in [0.5, 0.6) is 0 Å². The van der Waals surface area contributed by atoms with Gasteiger partial charge in [-0.2, -0.15) is 0 Å². The van der Waals surface area contributed by atoms with Crippen molar-refractivity contribution in [3.63, 3.8) is 0 Å². The van der Waals surface area contributed by atoms with Crippen molar-refractivity contribution in [3.8, 4) is 0 Å². The summed E-state index contributed by atoms with van der Waals surface area (Å²) < 4.78 is 0. The van der Waals surface area contributed by atoms with E-state index in [0.29, 0.717) is 5.80 Å². The summed E-state index contributed by atoms with van der Waals surface area (Å²) in [6.45, 7) is -1.80. The van der Waals surface area contributed by atoms with Crippen LogP contribution in [0.3, 0.4) is 0 Å². The summed E-state index contributed by atoms with van der Waals surface area (Å²) in [5.74, 6) is -0.493. The molecule has 0 saturated heterocycles. The number of rotatable bonds is 1. The molecule has 0 amide bonds. The van der Waals surface area contributed by atoms with Crippen molar-refractivity contribution in [3.05, 3.63) is 0 Å². The molecule has 0 aromatic heterocycles. The number of hydrogen-bond donors (Lipinski definition) is 1. The van der Waals surface area contributed by atoms with E-state index in [1.165, 1.54) is 0 Å². The topological polar surface area (TPSA) is 60.4 Å². The molecule has 7 heavy (non-hydrogen) atoms. The molecule has 0 heterocycles. The second-order valence-electron chi connectivity index (χ2n) is 0.739. The minimum absolute atomic E-state index is 0.676. The largest absolute Gasteiger partial charge is 0.621 e. The van der Waals surface area contributed by atoms with Gasteiger partial charge in [-0.25, -0.2) is 4.79 Å². The van der Waals surface area contributed by atoms with Crippen LogP contribution in [0.1, 0.15) is 0 Å². The second-order valence-corrected chi connectivity index (χ2v) is 3.64. The molecule has 0 aliphatic rings. The Morgan fingerprint density at radius 2 is 2.43 bits per heavy atom. The number of carbonyl (C=O) groups is 1. The molecule has 5 heteroatoms. The number of carboxylic acid groups (broad SMARTS) is 1. The fraction of sp³-hybridized carbons (Fsp3) is 0. The lowest BCUT2D eigenvalue weighted by atomic mass is 10.8. The Morgan fingerprint density at radius 1 is 2.00 bits per heavy atom. The molecule has 0 radical (unpaired) electrons. The van der Waals surface area contributed by atoms with E-state index in [1.54, 1.807) is 0 Å². The van der Waals surface area contributed by atoms with Gasteiger partial charge in [-0.1, -0.05) is 0 Å². The van der Waals surface area contributed by atoms with E-state index in [-0.39, 0.29) is 0 Å². The van der Waals surface area contributed by atoms with Crippen LogP contribution in [-0.2, 0) is 4.79 Å². The van der Waals surface area contributed by atoms with Crippen LogP contribution in [-0.4, -0.2) is 16.9 Å². The Hall–Kier alpha value is 0.0800. The predicted molar refractivity (Wildman–Crippen MR) is 29.5 cm³/mol. The van der Waals surface area contributed by atoms with Gasteiger partial charge in [0.25, 0.3) is 0 Å². The van der Waals surface area contributed by atoms with Gasteiger partial charge in [0.05, 0.1) is 0 Å². The average molecular weight is 185 g/mol. The molecule has 1 unspecified atom stereocenters. The Labute approximate surface area is 49.2 Å². The first-order valence-electron chi connectivity index (χ1n) is 1.33. The number of hydrogen-bond acceptors (Lipinski definition) is 2. The van der Waals surface area contributed by atoms with E-state index < -0.39 is 12.4 Å². The van der Waals surface area contributed by atoms with Gasteiger partial charge in [-0.15, -0.1) is 0 Å². The summed E-state index contributed by atoms with van der Waals surface area (Å²) >= 11 is 2.55. The molecule has 40 valence electrons. The van der Waals surface area contributed by atoms with Gasteiger partial charge >= 0.3 is 5.97 Å². The zero-order valence-electron chi connectivity index (χ0n) is 3.17. The fourth-order valence-electron chi connectivity index (χ4n) is 0.0868. The van der Waals surface area contributed by atoms with Gasteiger partial charge in [0.2, 0.25) is 21.3 Å². The van der Waals surface area contributed by atoms with Crippen molar-refractivity contribution in [2.24, 2.45) is 0 Å². The van der Waals surface area contributed by atoms with E-state index in [0.717, 1.165) is 0 Å². The molecule has 0 bridgehead atoms. The quantitative estimate of drug-likeness (QED) is 0.582. The summed E-state index contributed by atoms with van der Waals surface area (Å²) in [5.41, 5.74) is 0. The second kappa shape index (κ2) is 3.13. The average Bonchev–Trinajstić information content (AvgIpc) is 1.27. The molecule has 0 aromatic carbocycles. The van der Waals surface area contributed by atoms with Crippen LogP contribution in [0, 0.1) is 0 Å². The van der Waals surface area contributed by atoms with Gasteiger partial charge in [0.15, 0.2) is 0 Å². The van der Waals surface area contributed by atoms with Gasteiger partial charge < -0.3 is 10.00 Å². The standard InChI is InChI=1S/C2H2BrO3P/c3-7(6)1-2(4)5/h1H,(H,4,5). The van der Waals surface area contributed by atoms with Crippen LogP contribution < -0.4 is 4.89 Å². The summed E-state index contributed by atoms with van der Waals surface area (Å²) in [7, 11) is 0. The highest BCUT2D eigenvalue weighted by atomic mass is 79.9. The molecule has 0 rings (SSSR count). The summed E-state index contributed by atoms with van der Waals surface area (Å²) in [6.07, 6.45) is 0. The molecule has 1 N–H and O–H groups in total. The highest BCUT2D eigenvalue weighted by Gasteiger charge is 1.93. The molecular weight excluding hydrogens is 183 g/mol. The normalized spacial score (nSPS) is 11.4. The van der Waals surface area contributed by atoms with Crippen molar-refractivity contribution in [1.29, 1.82) is 0 Å². The predicted octanol–water partition coefficient (Wildman–Crippen LogP) is -0.0597. The molecular formula is C2H2BrO3P. The maximum Gasteiger partial charge on any atom is 0.371 e. The molecule has 0 aliphatic carbocycles. The molecule has 0 saturated carbocycles. The Morgan fingerprint density at radius 3 is 2.43 bits per heavy atom. The number of halogens is 1. The Kier molecular flexibility index (Phi) is 3.17. The minimum atomic E-state index is -1.80. The van der Waals surface area contributed by atoms with Crippen LogP contribution >= 0.6 is 22.0 Å². The first-order valence-corrected chi connectivity index (χ1v) is 4.67. The van der Waals surface area contributed by atoms with Gasteiger partial charge in [-0.05, 0) is 0 Å². The number of carboxylic acids is 1. The van der Waals surface area contributed by atoms with Crippen molar-refractivity contribution >= 4 is 33.7 Å². The van der Waals surface area contributed by atoms with Crippen molar-refractivity contribution < 1.29 is 14.8 Å². The molecule has 0 aliphatic heterocycles. The van der Waals surface area contributed by atoms with Crippen LogP contribution in [0.4, 0.5) is 0 Å². The van der Waals surface area contributed by atoms with Crippen molar-refractivity contribution in [2.75, 3.05) is 0 Å². The van der Waals surface area contributed by atoms with E-state index in [9.17, 15) is 9.69 Å². The molecule has 0 spiro atoms. The number of aliphatic carboxylic acids is 1. The lowest BCUT2D eigenvalue weighted by Gasteiger charge is -1.76. The van der Waals surface area contributed by atoms with Crippen LogP contribution in [0.2, 0.25) is 0 Å². The highest BCUT2D eigenvalue weighted by molar-refractivity contribution is 9.38. The third-order valence-corrected chi connectivity index (χ3v) is 1.25. The minimum Gasteiger partial charge on any atom is -0.621 e. The summed E-state index contributed by atoms with van der Waals surface area (Å²) in [4.78, 5) is 19.4. The Balaban J connectivity index is 3.68. The summed E-state index contributed by atoms with van der Waals surface area (Å²) in [5, 5.41) is 7.81. The van der Waals surface area contributed by atoms with Crippen molar-refractivity contribution in [2.45, 2.75) is 0 Å². The van der Waals surface area contributed by atoms with Gasteiger partial charge in [0.1, 0.15) is 6.47 Å². The Bertz CT molecular complexity index is 106. The van der Waals surface area contributed by atoms with Crippen molar-refractivity contribution in [1.82, 2.24) is 0 Å². The van der Waals surface area contributed by atoms with Crippen LogP contribution in [0.25, 0.3) is 0 Å². The molecule has 0 aromatic rings. The SMILES string of the molecule is O=C(O)C=[P+]([O-])Br. The molecule has 3 nitrogen and oxygen atoms in total. The third kappa shape index (κ3) is 6.08. The van der Waals surface area contributed by atoms with E-state index in [2.05, 4.69) is 15.5 Å². The van der Waals surface area contributed by atoms with Gasteiger partial charge in [0, 0.05) is 0 Å². The van der Waals surface area contributed by atoms with Crippen LogP contribution in [0.15, 0.2) is 0 Å². The van der Waals surface area contributed by atoms with Gasteiger partial charge in [-0.3, -0.25) is 0 Å². The maximum absolute atomic E-state index is 9.88. The highest BCUT2D eigenvalue weighted by Crippen LogP contribution is 2.18. The monoisotopic (exact) mass is 184 g/mol.